The first kappa shape index (κ1) is 37.6. The molecule has 11 aromatic rings. The third-order valence-corrected chi connectivity index (χ3v) is 15.1. The zero-order valence-corrected chi connectivity index (χ0v) is 37.0. The minimum absolute atomic E-state index is 0.0159. The lowest BCUT2D eigenvalue weighted by molar-refractivity contribution is 0.444. The summed E-state index contributed by atoms with van der Waals surface area (Å²) < 4.78 is 4.90. The van der Waals surface area contributed by atoms with Crippen LogP contribution in [-0.2, 0) is 0 Å². The van der Waals surface area contributed by atoms with Crippen LogP contribution in [0.15, 0.2) is 200 Å². The SMILES string of the molecule is Cc1ccc2c(c1)N(c1ccc(-n3c4ccccc4c4ccccc43)cc1)c1cc(C3CCCCC3)cc3c1B2c1cc(-n2c4ccccc4c4ccccc42)ccc1N3c1ccccc1. The maximum absolute atomic E-state index is 2.60. The highest BCUT2D eigenvalue weighted by Gasteiger charge is 2.44. The molecule has 0 bridgehead atoms. The topological polar surface area (TPSA) is 16.3 Å². The molecule has 2 aromatic heterocycles. The number of nitrogens with zero attached hydrogens (tertiary/aromatic N) is 4. The third-order valence-electron chi connectivity index (χ3n) is 15.1. The highest BCUT2D eigenvalue weighted by Crippen LogP contribution is 2.48. The number of aromatic nitrogens is 2. The molecule has 314 valence electrons. The maximum atomic E-state index is 2.60. The van der Waals surface area contributed by atoms with E-state index in [1.54, 1.807) is 0 Å². The van der Waals surface area contributed by atoms with Crippen molar-refractivity contribution in [2.24, 2.45) is 0 Å². The fourth-order valence-corrected chi connectivity index (χ4v) is 12.2. The van der Waals surface area contributed by atoms with Gasteiger partial charge in [-0.05, 0) is 150 Å². The summed E-state index contributed by atoms with van der Waals surface area (Å²) in [7, 11) is 0. The Morgan fingerprint density at radius 2 is 0.864 bits per heavy atom. The summed E-state index contributed by atoms with van der Waals surface area (Å²) in [4.78, 5) is 5.18. The monoisotopic (exact) mass is 846 g/mol. The summed E-state index contributed by atoms with van der Waals surface area (Å²) in [6.45, 7) is 2.26. The van der Waals surface area contributed by atoms with Gasteiger partial charge in [0.15, 0.2) is 0 Å². The van der Waals surface area contributed by atoms with Gasteiger partial charge in [0.25, 0.3) is 6.71 Å². The van der Waals surface area contributed by atoms with E-state index in [4.69, 9.17) is 0 Å². The van der Waals surface area contributed by atoms with E-state index in [0.717, 1.165) is 5.69 Å². The molecule has 3 aliphatic rings. The van der Waals surface area contributed by atoms with Crippen molar-refractivity contribution in [1.82, 2.24) is 9.13 Å². The average Bonchev–Trinajstić information content (AvgIpc) is 3.90. The molecule has 9 aromatic carbocycles. The first-order chi connectivity index (χ1) is 32.7. The fourth-order valence-electron chi connectivity index (χ4n) is 12.2. The van der Waals surface area contributed by atoms with Crippen molar-refractivity contribution in [1.29, 1.82) is 0 Å². The lowest BCUT2D eigenvalue weighted by Gasteiger charge is -2.45. The van der Waals surface area contributed by atoms with E-state index in [0.29, 0.717) is 5.92 Å². The van der Waals surface area contributed by atoms with Gasteiger partial charge in [-0.25, -0.2) is 0 Å². The number of rotatable bonds is 5. The van der Waals surface area contributed by atoms with Gasteiger partial charge in [0.2, 0.25) is 0 Å². The van der Waals surface area contributed by atoms with Crippen LogP contribution in [0.5, 0.6) is 0 Å². The van der Waals surface area contributed by atoms with Gasteiger partial charge in [-0.1, -0.05) is 122 Å². The molecule has 0 atom stereocenters. The van der Waals surface area contributed by atoms with Crippen LogP contribution < -0.4 is 26.2 Å². The zero-order chi connectivity index (χ0) is 43.5. The highest BCUT2D eigenvalue weighted by molar-refractivity contribution is 7.00. The smallest absolute Gasteiger partial charge is 0.252 e. The van der Waals surface area contributed by atoms with Crippen LogP contribution in [0.1, 0.15) is 49.1 Å². The second-order valence-electron chi connectivity index (χ2n) is 18.8. The molecule has 0 amide bonds. The van der Waals surface area contributed by atoms with Crippen molar-refractivity contribution < 1.29 is 0 Å². The van der Waals surface area contributed by atoms with Crippen LogP contribution in [0.25, 0.3) is 55.0 Å². The van der Waals surface area contributed by atoms with Crippen LogP contribution in [0.3, 0.4) is 0 Å². The molecule has 5 heteroatoms. The van der Waals surface area contributed by atoms with Crippen LogP contribution >= 0.6 is 0 Å². The van der Waals surface area contributed by atoms with Gasteiger partial charge in [-0.2, -0.15) is 0 Å². The molecular weight excluding hydrogens is 800 g/mol. The van der Waals surface area contributed by atoms with E-state index in [1.807, 2.05) is 0 Å². The molecule has 4 heterocycles. The summed E-state index contributed by atoms with van der Waals surface area (Å²) in [6.07, 6.45) is 6.36. The lowest BCUT2D eigenvalue weighted by Crippen LogP contribution is -2.61. The predicted molar refractivity (Wildman–Crippen MR) is 280 cm³/mol. The second kappa shape index (κ2) is 14.6. The van der Waals surface area contributed by atoms with E-state index in [-0.39, 0.29) is 6.71 Å². The Morgan fingerprint density at radius 1 is 0.379 bits per heavy atom. The minimum Gasteiger partial charge on any atom is -0.311 e. The molecule has 0 saturated heterocycles. The van der Waals surface area contributed by atoms with Crippen LogP contribution in [0.4, 0.5) is 34.1 Å². The molecule has 1 saturated carbocycles. The average molecular weight is 847 g/mol. The molecule has 0 spiro atoms. The highest BCUT2D eigenvalue weighted by atomic mass is 15.2. The van der Waals surface area contributed by atoms with Gasteiger partial charge in [0.05, 0.1) is 22.1 Å². The lowest BCUT2D eigenvalue weighted by atomic mass is 9.33. The molecule has 1 aliphatic carbocycles. The van der Waals surface area contributed by atoms with Gasteiger partial charge < -0.3 is 18.9 Å². The first-order valence-electron chi connectivity index (χ1n) is 23.8. The van der Waals surface area contributed by atoms with Crippen molar-refractivity contribution in [3.63, 3.8) is 0 Å². The van der Waals surface area contributed by atoms with Crippen molar-refractivity contribution in [3.8, 4) is 11.4 Å². The molecule has 4 nitrogen and oxygen atoms in total. The van der Waals surface area contributed by atoms with Crippen LogP contribution in [0, 0.1) is 6.92 Å². The Morgan fingerprint density at radius 3 is 1.45 bits per heavy atom. The molecule has 2 aliphatic heterocycles. The molecule has 66 heavy (non-hydrogen) atoms. The summed E-state index contributed by atoms with van der Waals surface area (Å²) in [5, 5.41) is 5.11. The number of hydrogen-bond acceptors (Lipinski definition) is 2. The van der Waals surface area contributed by atoms with Crippen molar-refractivity contribution >= 4 is 101 Å². The van der Waals surface area contributed by atoms with Gasteiger partial charge in [-0.15, -0.1) is 0 Å². The minimum atomic E-state index is 0.0159. The van der Waals surface area contributed by atoms with E-state index in [1.165, 1.54) is 143 Å². The fraction of sp³-hybridized carbons (Fsp3) is 0.115. The Kier molecular flexibility index (Phi) is 8.34. The van der Waals surface area contributed by atoms with E-state index in [9.17, 15) is 0 Å². The summed E-state index contributed by atoms with van der Waals surface area (Å²) in [5.41, 5.74) is 21.4. The Balaban J connectivity index is 1.03. The van der Waals surface area contributed by atoms with Gasteiger partial charge in [-0.3, -0.25) is 0 Å². The number of aryl methyl sites for hydroxylation is 1. The predicted octanol–water partition coefficient (Wildman–Crippen LogP) is 14.3. The number of para-hydroxylation sites is 5. The molecule has 0 unspecified atom stereocenters. The molecule has 14 rings (SSSR count). The number of benzene rings is 9. The van der Waals surface area contributed by atoms with Crippen molar-refractivity contribution in [2.45, 2.75) is 44.9 Å². The van der Waals surface area contributed by atoms with E-state index in [2.05, 4.69) is 226 Å². The Hall–Kier alpha value is -7.76. The molecular formula is C61H47BN4. The van der Waals surface area contributed by atoms with E-state index < -0.39 is 0 Å². The summed E-state index contributed by atoms with van der Waals surface area (Å²) in [6, 6.07) is 75.4. The largest absolute Gasteiger partial charge is 0.311 e. The van der Waals surface area contributed by atoms with Crippen molar-refractivity contribution in [2.75, 3.05) is 9.80 Å². The molecule has 0 N–H and O–H groups in total. The zero-order valence-electron chi connectivity index (χ0n) is 37.0. The first-order valence-corrected chi connectivity index (χ1v) is 23.8. The molecule has 1 fully saturated rings. The number of fused-ring (bicyclic) bond motifs is 10. The quantitative estimate of drug-likeness (QED) is 0.160. The van der Waals surface area contributed by atoms with Gasteiger partial charge in [0, 0.05) is 67.0 Å². The van der Waals surface area contributed by atoms with Crippen LogP contribution in [-0.4, -0.2) is 15.8 Å². The van der Waals surface area contributed by atoms with Crippen molar-refractivity contribution in [3.05, 3.63) is 211 Å². The normalized spacial score (nSPS) is 14.6. The Bertz CT molecular complexity index is 3620. The maximum Gasteiger partial charge on any atom is 0.252 e. The van der Waals surface area contributed by atoms with Gasteiger partial charge >= 0.3 is 0 Å². The standard InChI is InChI=1S/C61H47BN4/c1-40-28-34-51-58(36-40)65(45-31-29-44(30-32-45)63-53-24-12-8-20-47(53)48-21-9-13-25-54(48)63)60-38-42(41-16-4-2-5-17-41)37-59-61(60)62(51)52-39-46(33-35-57(52)64(59)43-18-6-3-7-19-43)66-55-26-14-10-22-49(55)50-23-11-15-27-56(50)66/h3,6-15,18-39,41H,2,4-5,16-17H2,1H3. The number of anilines is 6. The molecule has 0 radical (unpaired) electrons. The third kappa shape index (κ3) is 5.53. The Labute approximate surface area is 385 Å². The summed E-state index contributed by atoms with van der Waals surface area (Å²) in [5.74, 6) is 0.522. The number of hydrogen-bond donors (Lipinski definition) is 0. The van der Waals surface area contributed by atoms with E-state index >= 15 is 0 Å². The summed E-state index contributed by atoms with van der Waals surface area (Å²) >= 11 is 0. The second-order valence-corrected chi connectivity index (χ2v) is 18.8. The van der Waals surface area contributed by atoms with Gasteiger partial charge in [0.1, 0.15) is 0 Å². The van der Waals surface area contributed by atoms with Crippen LogP contribution in [0.2, 0.25) is 0 Å².